The average molecular weight is 304 g/mol. The van der Waals surface area contributed by atoms with E-state index in [0.717, 1.165) is 12.4 Å². The molecule has 0 saturated carbocycles. The summed E-state index contributed by atoms with van der Waals surface area (Å²) < 4.78 is 6.95. The number of piperazine rings is 1. The molecule has 8 nitrogen and oxygen atoms in total. The number of nitrogens with one attached hydrogen (secondary N) is 1. The topological polar surface area (TPSA) is 79.4 Å². The van der Waals surface area contributed by atoms with E-state index in [1.54, 1.807) is 24.1 Å². The Kier molecular flexibility index (Phi) is 3.84. The van der Waals surface area contributed by atoms with Crippen LogP contribution in [0.4, 0.5) is 10.6 Å². The standard InChI is InChI=1S/C14H20N6O2/c1-10-8-12(17-22-10)16-14(21)20-7-6-18(2)11(9-20)13-15-4-5-19(13)3/h4-5,8,11H,6-7,9H2,1-3H3,(H,16,17,21). The number of anilines is 1. The Morgan fingerprint density at radius 2 is 2.23 bits per heavy atom. The van der Waals surface area contributed by atoms with Crippen LogP contribution in [0.25, 0.3) is 0 Å². The van der Waals surface area contributed by atoms with Crippen LogP contribution in [0.5, 0.6) is 0 Å². The van der Waals surface area contributed by atoms with E-state index in [-0.39, 0.29) is 12.1 Å². The molecule has 118 valence electrons. The SMILES string of the molecule is Cc1cc(NC(=O)N2CCN(C)C(c3nccn3C)C2)no1. The fraction of sp³-hybridized carbons (Fsp3) is 0.500. The Hall–Kier alpha value is -2.35. The van der Waals surface area contributed by atoms with Gasteiger partial charge in [0.25, 0.3) is 0 Å². The quantitative estimate of drug-likeness (QED) is 0.903. The third-order valence-corrected chi connectivity index (χ3v) is 3.95. The molecule has 2 amide bonds. The van der Waals surface area contributed by atoms with E-state index < -0.39 is 0 Å². The van der Waals surface area contributed by atoms with Crippen molar-refractivity contribution in [2.45, 2.75) is 13.0 Å². The van der Waals surface area contributed by atoms with E-state index >= 15 is 0 Å². The smallest absolute Gasteiger partial charge is 0.323 e. The van der Waals surface area contributed by atoms with Gasteiger partial charge in [-0.2, -0.15) is 0 Å². The highest BCUT2D eigenvalue weighted by Gasteiger charge is 2.30. The molecule has 0 bridgehead atoms. The van der Waals surface area contributed by atoms with E-state index in [9.17, 15) is 4.79 Å². The lowest BCUT2D eigenvalue weighted by molar-refractivity contribution is 0.110. The Morgan fingerprint density at radius 3 is 2.86 bits per heavy atom. The number of aryl methyl sites for hydroxylation is 2. The van der Waals surface area contributed by atoms with Crippen LogP contribution >= 0.6 is 0 Å². The van der Waals surface area contributed by atoms with Crippen LogP contribution < -0.4 is 5.32 Å². The van der Waals surface area contributed by atoms with E-state index in [4.69, 9.17) is 4.52 Å². The molecule has 1 aliphatic rings. The van der Waals surface area contributed by atoms with Gasteiger partial charge in [-0.15, -0.1) is 0 Å². The van der Waals surface area contributed by atoms with Crippen LogP contribution in [0.15, 0.2) is 23.0 Å². The first kappa shape index (κ1) is 14.6. The second kappa shape index (κ2) is 5.80. The predicted molar refractivity (Wildman–Crippen MR) is 80.4 cm³/mol. The number of imidazole rings is 1. The number of hydrogen-bond acceptors (Lipinski definition) is 5. The van der Waals surface area contributed by atoms with Crippen molar-refractivity contribution in [1.82, 2.24) is 24.5 Å². The molecule has 3 heterocycles. The van der Waals surface area contributed by atoms with E-state index in [0.29, 0.717) is 24.7 Å². The van der Waals surface area contributed by atoms with Crippen LogP contribution in [-0.4, -0.2) is 57.2 Å². The van der Waals surface area contributed by atoms with Crippen molar-refractivity contribution in [2.24, 2.45) is 7.05 Å². The van der Waals surface area contributed by atoms with Crippen molar-refractivity contribution in [3.63, 3.8) is 0 Å². The molecule has 8 heteroatoms. The van der Waals surface area contributed by atoms with Gasteiger partial charge in [0, 0.05) is 45.1 Å². The number of nitrogens with zero attached hydrogens (tertiary/aromatic N) is 5. The third kappa shape index (κ3) is 2.82. The van der Waals surface area contributed by atoms with E-state index in [1.165, 1.54) is 0 Å². The monoisotopic (exact) mass is 304 g/mol. The Bertz CT molecular complexity index is 664. The van der Waals surface area contributed by atoms with Gasteiger partial charge in [0.1, 0.15) is 11.6 Å². The number of hydrogen-bond donors (Lipinski definition) is 1. The van der Waals surface area contributed by atoms with Crippen LogP contribution in [0, 0.1) is 6.92 Å². The molecule has 1 N–H and O–H groups in total. The molecule has 2 aromatic rings. The zero-order valence-electron chi connectivity index (χ0n) is 13.0. The van der Waals surface area contributed by atoms with Crippen LogP contribution in [0.2, 0.25) is 0 Å². The lowest BCUT2D eigenvalue weighted by Gasteiger charge is -2.38. The van der Waals surface area contributed by atoms with Gasteiger partial charge in [0.2, 0.25) is 0 Å². The summed E-state index contributed by atoms with van der Waals surface area (Å²) in [5.74, 6) is 2.06. The molecular formula is C14H20N6O2. The summed E-state index contributed by atoms with van der Waals surface area (Å²) in [5, 5.41) is 6.55. The summed E-state index contributed by atoms with van der Waals surface area (Å²) >= 11 is 0. The molecule has 1 aliphatic heterocycles. The van der Waals surface area contributed by atoms with Crippen molar-refractivity contribution in [3.8, 4) is 0 Å². The predicted octanol–water partition coefficient (Wildman–Crippen LogP) is 1.24. The number of urea groups is 1. The minimum Gasteiger partial charge on any atom is -0.360 e. The van der Waals surface area contributed by atoms with E-state index in [1.807, 2.05) is 17.8 Å². The van der Waals surface area contributed by atoms with Gasteiger partial charge in [-0.05, 0) is 14.0 Å². The third-order valence-electron chi connectivity index (χ3n) is 3.95. The fourth-order valence-electron chi connectivity index (χ4n) is 2.65. The maximum Gasteiger partial charge on any atom is 0.323 e. The number of carbonyl (C=O) groups excluding carboxylic acids is 1. The van der Waals surface area contributed by atoms with Crippen molar-refractivity contribution in [2.75, 3.05) is 32.0 Å². The van der Waals surface area contributed by atoms with Crippen molar-refractivity contribution >= 4 is 11.8 Å². The minimum atomic E-state index is -0.166. The molecule has 0 aliphatic carbocycles. The molecule has 3 rings (SSSR count). The number of aromatic nitrogens is 3. The first-order chi connectivity index (χ1) is 10.5. The molecule has 1 atom stereocenters. The Morgan fingerprint density at radius 1 is 1.41 bits per heavy atom. The Balaban J connectivity index is 1.70. The summed E-state index contributed by atoms with van der Waals surface area (Å²) in [6.07, 6.45) is 3.70. The minimum absolute atomic E-state index is 0.0820. The number of likely N-dealkylation sites (N-methyl/N-ethyl adjacent to an activating group) is 1. The second-order valence-corrected chi connectivity index (χ2v) is 5.59. The molecule has 0 radical (unpaired) electrons. The molecule has 1 unspecified atom stereocenters. The zero-order chi connectivity index (χ0) is 15.7. The van der Waals surface area contributed by atoms with Crippen molar-refractivity contribution in [3.05, 3.63) is 30.0 Å². The van der Waals surface area contributed by atoms with Crippen LogP contribution in [-0.2, 0) is 7.05 Å². The van der Waals surface area contributed by atoms with Gasteiger partial charge < -0.3 is 14.0 Å². The molecule has 0 aromatic carbocycles. The van der Waals surface area contributed by atoms with Gasteiger partial charge >= 0.3 is 6.03 Å². The molecule has 2 aromatic heterocycles. The summed E-state index contributed by atoms with van der Waals surface area (Å²) in [6, 6.07) is 1.61. The lowest BCUT2D eigenvalue weighted by atomic mass is 10.1. The maximum absolute atomic E-state index is 12.4. The second-order valence-electron chi connectivity index (χ2n) is 5.59. The molecule has 1 fully saturated rings. The van der Waals surface area contributed by atoms with E-state index in [2.05, 4.69) is 27.4 Å². The summed E-state index contributed by atoms with van der Waals surface area (Å²) in [5.41, 5.74) is 0. The first-order valence-electron chi connectivity index (χ1n) is 7.21. The van der Waals surface area contributed by atoms with Gasteiger partial charge in [0.05, 0.1) is 6.04 Å². The van der Waals surface area contributed by atoms with Crippen molar-refractivity contribution in [1.29, 1.82) is 0 Å². The van der Waals surface area contributed by atoms with Gasteiger partial charge in [-0.25, -0.2) is 9.78 Å². The van der Waals surface area contributed by atoms with Crippen LogP contribution in [0.1, 0.15) is 17.6 Å². The molecule has 0 spiro atoms. The summed E-state index contributed by atoms with van der Waals surface area (Å²) in [6.45, 7) is 3.84. The van der Waals surface area contributed by atoms with Crippen molar-refractivity contribution < 1.29 is 9.32 Å². The summed E-state index contributed by atoms with van der Waals surface area (Å²) in [4.78, 5) is 20.8. The van der Waals surface area contributed by atoms with Gasteiger partial charge in [-0.1, -0.05) is 5.16 Å². The Labute approximate surface area is 128 Å². The lowest BCUT2D eigenvalue weighted by Crippen LogP contribution is -2.50. The normalized spacial score (nSPS) is 19.4. The molecular weight excluding hydrogens is 284 g/mol. The summed E-state index contributed by atoms with van der Waals surface area (Å²) in [7, 11) is 4.02. The highest BCUT2D eigenvalue weighted by Crippen LogP contribution is 2.22. The van der Waals surface area contributed by atoms with Gasteiger partial charge in [-0.3, -0.25) is 10.2 Å². The number of amides is 2. The fourth-order valence-corrected chi connectivity index (χ4v) is 2.65. The van der Waals surface area contributed by atoms with Gasteiger partial charge in [0.15, 0.2) is 5.82 Å². The molecule has 1 saturated heterocycles. The number of rotatable bonds is 2. The molecule has 22 heavy (non-hydrogen) atoms. The average Bonchev–Trinajstić information content (AvgIpc) is 3.08. The highest BCUT2D eigenvalue weighted by molar-refractivity contribution is 5.88. The first-order valence-corrected chi connectivity index (χ1v) is 7.21. The van der Waals surface area contributed by atoms with Crippen LogP contribution in [0.3, 0.4) is 0 Å². The highest BCUT2D eigenvalue weighted by atomic mass is 16.5. The number of carbonyl (C=O) groups is 1. The zero-order valence-corrected chi connectivity index (χ0v) is 13.0. The largest absolute Gasteiger partial charge is 0.360 e. The maximum atomic E-state index is 12.4.